The largest absolute Gasteiger partial charge is 0.348 e. The Morgan fingerprint density at radius 1 is 1.27 bits per heavy atom. The third kappa shape index (κ3) is 3.87. The summed E-state index contributed by atoms with van der Waals surface area (Å²) in [5.74, 6) is -0.227. The van der Waals surface area contributed by atoms with Crippen molar-refractivity contribution in [1.82, 2.24) is 14.8 Å². The SMILES string of the molecule is C=CC(=O)N1CC(NC(=O)Cn2cc(-c3cccc(C#N)c3)c3cc(Br)ccc32)C1. The van der Waals surface area contributed by atoms with Crippen LogP contribution < -0.4 is 5.32 Å². The molecule has 0 aliphatic carbocycles. The van der Waals surface area contributed by atoms with E-state index in [-0.39, 0.29) is 24.4 Å². The fourth-order valence-corrected chi connectivity index (χ4v) is 4.05. The Bertz CT molecular complexity index is 1200. The van der Waals surface area contributed by atoms with Gasteiger partial charge in [0.05, 0.1) is 17.7 Å². The van der Waals surface area contributed by atoms with Gasteiger partial charge in [-0.1, -0.05) is 34.6 Å². The van der Waals surface area contributed by atoms with Crippen molar-refractivity contribution < 1.29 is 9.59 Å². The quantitative estimate of drug-likeness (QED) is 0.589. The first-order valence-electron chi connectivity index (χ1n) is 9.48. The van der Waals surface area contributed by atoms with Gasteiger partial charge in [-0.3, -0.25) is 9.59 Å². The maximum atomic E-state index is 12.6. The number of benzene rings is 2. The van der Waals surface area contributed by atoms with Crippen molar-refractivity contribution in [2.24, 2.45) is 0 Å². The van der Waals surface area contributed by atoms with Crippen molar-refractivity contribution >= 4 is 38.6 Å². The smallest absolute Gasteiger partial charge is 0.246 e. The van der Waals surface area contributed by atoms with Crippen molar-refractivity contribution in [2.45, 2.75) is 12.6 Å². The number of rotatable bonds is 5. The van der Waals surface area contributed by atoms with Crippen LogP contribution in [-0.2, 0) is 16.1 Å². The van der Waals surface area contributed by atoms with Crippen LogP contribution in [0.4, 0.5) is 0 Å². The molecule has 150 valence electrons. The fraction of sp³-hybridized carbons (Fsp3) is 0.174. The molecule has 1 aliphatic rings. The molecule has 1 aliphatic heterocycles. The molecule has 1 aromatic heterocycles. The molecule has 0 spiro atoms. The molecular formula is C23H19BrN4O2. The zero-order chi connectivity index (χ0) is 21.3. The van der Waals surface area contributed by atoms with E-state index in [0.717, 1.165) is 26.5 Å². The second kappa shape index (κ2) is 8.17. The van der Waals surface area contributed by atoms with Crippen molar-refractivity contribution in [2.75, 3.05) is 13.1 Å². The number of likely N-dealkylation sites (tertiary alicyclic amines) is 1. The lowest BCUT2D eigenvalue weighted by Crippen LogP contribution is -2.61. The summed E-state index contributed by atoms with van der Waals surface area (Å²) in [4.78, 5) is 25.8. The van der Waals surface area contributed by atoms with E-state index in [4.69, 9.17) is 0 Å². The van der Waals surface area contributed by atoms with Gasteiger partial charge in [-0.25, -0.2) is 0 Å². The zero-order valence-electron chi connectivity index (χ0n) is 16.1. The second-order valence-corrected chi connectivity index (χ2v) is 8.15. The molecule has 0 saturated carbocycles. The number of amides is 2. The highest BCUT2D eigenvalue weighted by molar-refractivity contribution is 9.10. The van der Waals surface area contributed by atoms with Crippen LogP contribution in [0.15, 0.2) is 65.8 Å². The Balaban J connectivity index is 1.57. The van der Waals surface area contributed by atoms with Gasteiger partial charge in [-0.2, -0.15) is 5.26 Å². The molecule has 6 nitrogen and oxygen atoms in total. The summed E-state index contributed by atoms with van der Waals surface area (Å²) >= 11 is 3.52. The molecule has 1 N–H and O–H groups in total. The summed E-state index contributed by atoms with van der Waals surface area (Å²) in [6.07, 6.45) is 3.23. The van der Waals surface area contributed by atoms with E-state index in [9.17, 15) is 14.9 Å². The topological polar surface area (TPSA) is 78.1 Å². The summed E-state index contributed by atoms with van der Waals surface area (Å²) < 4.78 is 2.85. The van der Waals surface area contributed by atoms with E-state index in [1.807, 2.05) is 47.2 Å². The lowest BCUT2D eigenvalue weighted by molar-refractivity contribution is -0.133. The number of nitrogens with zero attached hydrogens (tertiary/aromatic N) is 3. The minimum absolute atomic E-state index is 0.0378. The van der Waals surface area contributed by atoms with Gasteiger partial charge < -0.3 is 14.8 Å². The molecule has 7 heteroatoms. The lowest BCUT2D eigenvalue weighted by Gasteiger charge is -2.38. The van der Waals surface area contributed by atoms with Crippen LogP contribution in [0.1, 0.15) is 5.56 Å². The Kier molecular flexibility index (Phi) is 5.42. The van der Waals surface area contributed by atoms with Gasteiger partial charge in [0.15, 0.2) is 0 Å². The van der Waals surface area contributed by atoms with Crippen LogP contribution in [0.2, 0.25) is 0 Å². The molecule has 2 amide bonds. The number of fused-ring (bicyclic) bond motifs is 1. The van der Waals surface area contributed by atoms with Crippen molar-refractivity contribution in [1.29, 1.82) is 5.26 Å². The number of nitriles is 1. The van der Waals surface area contributed by atoms with E-state index in [2.05, 4.69) is 33.9 Å². The summed E-state index contributed by atoms with van der Waals surface area (Å²) in [6.45, 7) is 4.65. The van der Waals surface area contributed by atoms with Gasteiger partial charge in [0.2, 0.25) is 11.8 Å². The predicted molar refractivity (Wildman–Crippen MR) is 118 cm³/mol. The van der Waals surface area contributed by atoms with E-state index in [0.29, 0.717) is 18.7 Å². The molecule has 0 bridgehead atoms. The number of hydrogen-bond donors (Lipinski definition) is 1. The number of carbonyl (C=O) groups excluding carboxylic acids is 2. The maximum Gasteiger partial charge on any atom is 0.246 e. The Labute approximate surface area is 182 Å². The van der Waals surface area contributed by atoms with Crippen LogP contribution in [0.3, 0.4) is 0 Å². The summed E-state index contributed by atoms with van der Waals surface area (Å²) in [7, 11) is 0. The van der Waals surface area contributed by atoms with Crippen LogP contribution in [0.5, 0.6) is 0 Å². The standard InChI is InChI=1S/C23H19BrN4O2/c1-2-23(30)28-11-18(12-28)26-22(29)14-27-13-20(16-5-3-4-15(8-16)10-25)19-9-17(24)6-7-21(19)27/h2-9,13,18H,1,11-12,14H2,(H,26,29). The maximum absolute atomic E-state index is 12.6. The number of nitrogens with one attached hydrogen (secondary N) is 1. The van der Waals surface area contributed by atoms with Crippen LogP contribution >= 0.6 is 15.9 Å². The van der Waals surface area contributed by atoms with E-state index < -0.39 is 0 Å². The third-order valence-corrected chi connectivity index (χ3v) is 5.69. The van der Waals surface area contributed by atoms with Crippen LogP contribution in [-0.4, -0.2) is 40.4 Å². The molecule has 0 radical (unpaired) electrons. The molecule has 0 atom stereocenters. The number of hydrogen-bond acceptors (Lipinski definition) is 3. The van der Waals surface area contributed by atoms with Gasteiger partial charge in [0.25, 0.3) is 0 Å². The summed E-state index contributed by atoms with van der Waals surface area (Å²) in [6, 6.07) is 15.5. The Hall–Kier alpha value is -3.37. The second-order valence-electron chi connectivity index (χ2n) is 7.24. The van der Waals surface area contributed by atoms with Crippen molar-refractivity contribution in [3.8, 4) is 17.2 Å². The third-order valence-electron chi connectivity index (χ3n) is 5.19. The van der Waals surface area contributed by atoms with Gasteiger partial charge in [0, 0.05) is 40.2 Å². The van der Waals surface area contributed by atoms with Crippen LogP contribution in [0.25, 0.3) is 22.0 Å². The normalized spacial score (nSPS) is 13.5. The average molecular weight is 463 g/mol. The highest BCUT2D eigenvalue weighted by Gasteiger charge is 2.30. The highest BCUT2D eigenvalue weighted by atomic mass is 79.9. The molecule has 2 heterocycles. The molecule has 30 heavy (non-hydrogen) atoms. The number of carbonyl (C=O) groups is 2. The number of halogens is 1. The van der Waals surface area contributed by atoms with Gasteiger partial charge >= 0.3 is 0 Å². The first kappa shape index (κ1) is 19.9. The minimum atomic E-state index is -0.119. The summed E-state index contributed by atoms with van der Waals surface area (Å²) in [5, 5.41) is 13.2. The highest BCUT2D eigenvalue weighted by Crippen LogP contribution is 2.33. The first-order chi connectivity index (χ1) is 14.5. The van der Waals surface area contributed by atoms with Crippen molar-refractivity contribution in [3.63, 3.8) is 0 Å². The molecule has 4 rings (SSSR count). The van der Waals surface area contributed by atoms with E-state index in [1.165, 1.54) is 6.08 Å². The fourth-order valence-electron chi connectivity index (χ4n) is 3.69. The average Bonchev–Trinajstić information content (AvgIpc) is 3.07. The van der Waals surface area contributed by atoms with Gasteiger partial charge in [-0.05, 0) is 42.0 Å². The zero-order valence-corrected chi connectivity index (χ0v) is 17.7. The van der Waals surface area contributed by atoms with E-state index in [1.54, 1.807) is 11.0 Å². The molecular weight excluding hydrogens is 444 g/mol. The van der Waals surface area contributed by atoms with E-state index >= 15 is 0 Å². The Morgan fingerprint density at radius 3 is 2.80 bits per heavy atom. The molecule has 3 aromatic rings. The van der Waals surface area contributed by atoms with Gasteiger partial charge in [-0.15, -0.1) is 0 Å². The minimum Gasteiger partial charge on any atom is -0.348 e. The van der Waals surface area contributed by atoms with Crippen LogP contribution in [0, 0.1) is 11.3 Å². The molecule has 2 aromatic carbocycles. The summed E-state index contributed by atoms with van der Waals surface area (Å²) in [5.41, 5.74) is 3.41. The predicted octanol–water partition coefficient (Wildman–Crippen LogP) is 3.46. The molecule has 0 unspecified atom stereocenters. The number of aromatic nitrogens is 1. The van der Waals surface area contributed by atoms with Crippen molar-refractivity contribution in [3.05, 3.63) is 71.4 Å². The molecule has 1 fully saturated rings. The van der Waals surface area contributed by atoms with Gasteiger partial charge in [0.1, 0.15) is 6.54 Å². The lowest BCUT2D eigenvalue weighted by atomic mass is 10.0. The monoisotopic (exact) mass is 462 g/mol. The molecule has 1 saturated heterocycles. The Morgan fingerprint density at radius 2 is 2.07 bits per heavy atom. The first-order valence-corrected chi connectivity index (χ1v) is 10.3.